The van der Waals surface area contributed by atoms with E-state index in [0.29, 0.717) is 23.2 Å². The summed E-state index contributed by atoms with van der Waals surface area (Å²) in [6, 6.07) is 15.5. The fraction of sp³-hybridized carbons (Fsp3) is 0.333. The van der Waals surface area contributed by atoms with Crippen molar-refractivity contribution in [2.45, 2.75) is 31.0 Å². The molecule has 6 heteroatoms. The topological polar surface area (TPSA) is 84.2 Å². The second-order valence-electron chi connectivity index (χ2n) is 8.56. The molecule has 2 heterocycles. The largest absolute Gasteiger partial charge is 0.453 e. The third-order valence-electron chi connectivity index (χ3n) is 7.18. The molecule has 152 valence electrons. The van der Waals surface area contributed by atoms with E-state index >= 15 is 0 Å². The molecule has 6 rings (SSSR count). The van der Waals surface area contributed by atoms with Gasteiger partial charge in [0.05, 0.1) is 0 Å². The highest BCUT2D eigenvalue weighted by Crippen LogP contribution is 2.62. The van der Waals surface area contributed by atoms with Crippen LogP contribution in [-0.4, -0.2) is 34.1 Å². The molecule has 30 heavy (non-hydrogen) atoms. The number of esters is 2. The number of nitrogens with one attached hydrogen (secondary N) is 2. The van der Waals surface area contributed by atoms with Crippen LogP contribution in [0.4, 0.5) is 0 Å². The molecule has 3 aliphatic rings. The fourth-order valence-corrected chi connectivity index (χ4v) is 6.06. The zero-order valence-corrected chi connectivity index (χ0v) is 16.3. The predicted octanol–water partition coefficient (Wildman–Crippen LogP) is 3.70. The number of fused-ring (bicyclic) bond motifs is 7. The molecule has 0 radical (unpaired) electrons. The predicted molar refractivity (Wildman–Crippen MR) is 108 cm³/mol. The van der Waals surface area contributed by atoms with Gasteiger partial charge in [0.15, 0.2) is 0 Å². The van der Waals surface area contributed by atoms with Crippen LogP contribution in [0.15, 0.2) is 60.9 Å². The van der Waals surface area contributed by atoms with E-state index in [1.165, 1.54) is 11.1 Å². The molecular formula is C24H22N2O4. The van der Waals surface area contributed by atoms with Gasteiger partial charge in [-0.1, -0.05) is 24.3 Å². The minimum atomic E-state index is -0.447. The fourth-order valence-electron chi connectivity index (χ4n) is 6.06. The molecule has 0 saturated heterocycles. The molecule has 0 amide bonds. The number of hydrogen-bond donors (Lipinski definition) is 2. The Labute approximate surface area is 173 Å². The van der Waals surface area contributed by atoms with E-state index in [1.807, 2.05) is 0 Å². The number of rotatable bonds is 4. The Morgan fingerprint density at radius 1 is 0.767 bits per heavy atom. The van der Waals surface area contributed by atoms with E-state index in [2.05, 4.69) is 34.2 Å². The maximum absolute atomic E-state index is 12.7. The Morgan fingerprint density at radius 2 is 1.40 bits per heavy atom. The highest BCUT2D eigenvalue weighted by molar-refractivity contribution is 5.88. The molecule has 2 saturated carbocycles. The Balaban J connectivity index is 1.32. The van der Waals surface area contributed by atoms with Gasteiger partial charge in [0.1, 0.15) is 23.6 Å². The zero-order valence-electron chi connectivity index (χ0n) is 16.3. The van der Waals surface area contributed by atoms with Gasteiger partial charge in [-0.2, -0.15) is 0 Å². The van der Waals surface area contributed by atoms with Crippen molar-refractivity contribution in [1.82, 2.24) is 9.97 Å². The van der Waals surface area contributed by atoms with Crippen molar-refractivity contribution in [3.8, 4) is 0 Å². The average Bonchev–Trinajstić information content (AvgIpc) is 3.55. The lowest BCUT2D eigenvalue weighted by Crippen LogP contribution is -2.45. The summed E-state index contributed by atoms with van der Waals surface area (Å²) in [5.74, 6) is 0.325. The van der Waals surface area contributed by atoms with Crippen LogP contribution in [0.1, 0.15) is 44.4 Å². The highest BCUT2D eigenvalue weighted by atomic mass is 16.6. The summed E-state index contributed by atoms with van der Waals surface area (Å²) in [7, 11) is 0. The lowest BCUT2D eigenvalue weighted by atomic mass is 9.76. The number of H-pyrrole nitrogens is 2. The Kier molecular flexibility index (Phi) is 3.88. The van der Waals surface area contributed by atoms with Crippen molar-refractivity contribution in [2.24, 2.45) is 17.8 Å². The second kappa shape index (κ2) is 6.62. The van der Waals surface area contributed by atoms with Crippen molar-refractivity contribution in [1.29, 1.82) is 0 Å². The van der Waals surface area contributed by atoms with E-state index in [-0.39, 0.29) is 11.8 Å². The summed E-state index contributed by atoms with van der Waals surface area (Å²) < 4.78 is 12.0. The molecule has 6 atom stereocenters. The summed E-state index contributed by atoms with van der Waals surface area (Å²) in [4.78, 5) is 31.3. The minimum Gasteiger partial charge on any atom is -0.453 e. The zero-order chi connectivity index (χ0) is 20.2. The van der Waals surface area contributed by atoms with Crippen LogP contribution < -0.4 is 0 Å². The number of aromatic amines is 2. The van der Waals surface area contributed by atoms with Gasteiger partial charge >= 0.3 is 11.9 Å². The van der Waals surface area contributed by atoms with Crippen LogP contribution in [0.2, 0.25) is 0 Å². The SMILES string of the molecule is O=C(OC1C2CC(C1OC(=O)c1ccc[nH]1)C1c3ccccc3CC21)c1ccc[nH]1. The Hall–Kier alpha value is -3.28. The number of aromatic nitrogens is 2. The van der Waals surface area contributed by atoms with Gasteiger partial charge in [-0.15, -0.1) is 0 Å². The van der Waals surface area contributed by atoms with E-state index in [4.69, 9.17) is 9.47 Å². The third kappa shape index (κ3) is 2.56. The molecule has 3 aliphatic carbocycles. The third-order valence-corrected chi connectivity index (χ3v) is 7.18. The van der Waals surface area contributed by atoms with Crippen molar-refractivity contribution >= 4 is 11.9 Å². The van der Waals surface area contributed by atoms with Gasteiger partial charge in [0.2, 0.25) is 0 Å². The van der Waals surface area contributed by atoms with Gasteiger partial charge in [-0.25, -0.2) is 9.59 Å². The first-order valence-corrected chi connectivity index (χ1v) is 10.5. The number of hydrogen-bond acceptors (Lipinski definition) is 4. The first-order chi connectivity index (χ1) is 14.7. The van der Waals surface area contributed by atoms with Gasteiger partial charge in [0, 0.05) is 24.2 Å². The molecule has 2 N–H and O–H groups in total. The first-order valence-electron chi connectivity index (χ1n) is 10.5. The van der Waals surface area contributed by atoms with Gasteiger partial charge < -0.3 is 19.4 Å². The van der Waals surface area contributed by atoms with Crippen molar-refractivity contribution in [3.05, 3.63) is 83.4 Å². The molecular weight excluding hydrogens is 380 g/mol. The number of ether oxygens (including phenoxy) is 2. The summed E-state index contributed by atoms with van der Waals surface area (Å²) >= 11 is 0. The normalized spacial score (nSPS) is 30.7. The molecule has 3 aromatic rings. The molecule has 6 unspecified atom stereocenters. The van der Waals surface area contributed by atoms with Crippen molar-refractivity contribution < 1.29 is 19.1 Å². The van der Waals surface area contributed by atoms with Crippen LogP contribution in [0.25, 0.3) is 0 Å². The van der Waals surface area contributed by atoms with E-state index < -0.39 is 24.1 Å². The number of carbonyl (C=O) groups is 2. The summed E-state index contributed by atoms with van der Waals surface area (Å²) in [6.45, 7) is 0. The molecule has 6 nitrogen and oxygen atoms in total. The van der Waals surface area contributed by atoms with Crippen LogP contribution in [0.5, 0.6) is 0 Å². The summed E-state index contributed by atoms with van der Waals surface area (Å²) in [5, 5.41) is 0. The quantitative estimate of drug-likeness (QED) is 0.652. The first kappa shape index (κ1) is 17.6. The molecule has 2 fully saturated rings. The molecule has 2 bridgehead atoms. The minimum absolute atomic E-state index is 0.156. The summed E-state index contributed by atoms with van der Waals surface area (Å²) in [5.41, 5.74) is 3.56. The van der Waals surface area contributed by atoms with Gasteiger partial charge in [-0.3, -0.25) is 0 Å². The Bertz CT molecular complexity index is 1090. The van der Waals surface area contributed by atoms with Crippen LogP contribution in [0, 0.1) is 17.8 Å². The maximum atomic E-state index is 12.7. The van der Waals surface area contributed by atoms with E-state index in [9.17, 15) is 9.59 Å². The van der Waals surface area contributed by atoms with Crippen LogP contribution in [0.3, 0.4) is 0 Å². The monoisotopic (exact) mass is 402 g/mol. The number of benzene rings is 1. The lowest BCUT2D eigenvalue weighted by Gasteiger charge is -2.37. The van der Waals surface area contributed by atoms with Crippen molar-refractivity contribution in [3.63, 3.8) is 0 Å². The van der Waals surface area contributed by atoms with Crippen LogP contribution >= 0.6 is 0 Å². The van der Waals surface area contributed by atoms with E-state index in [0.717, 1.165) is 12.8 Å². The summed E-state index contributed by atoms with van der Waals surface area (Å²) in [6.07, 6.45) is 4.43. The van der Waals surface area contributed by atoms with Gasteiger partial charge in [0.25, 0.3) is 0 Å². The van der Waals surface area contributed by atoms with E-state index in [1.54, 1.807) is 36.7 Å². The van der Waals surface area contributed by atoms with Crippen LogP contribution in [-0.2, 0) is 15.9 Å². The molecule has 1 aromatic carbocycles. The standard InChI is InChI=1S/C24H22N2O4/c27-23(18-7-3-9-25-18)29-21-16-12-17(22(21)30-24(28)19-8-4-10-26-19)20-14-6-2-1-5-13(14)11-15(16)20/h1-10,15-17,20-22,25-26H,11-12H2. The lowest BCUT2D eigenvalue weighted by molar-refractivity contribution is -0.0702. The average molecular weight is 402 g/mol. The maximum Gasteiger partial charge on any atom is 0.355 e. The molecule has 0 spiro atoms. The molecule has 2 aromatic heterocycles. The second-order valence-corrected chi connectivity index (χ2v) is 8.56. The van der Waals surface area contributed by atoms with Crippen molar-refractivity contribution in [2.75, 3.05) is 0 Å². The number of carbonyl (C=O) groups excluding carboxylic acids is 2. The highest BCUT2D eigenvalue weighted by Gasteiger charge is 2.63. The van der Waals surface area contributed by atoms with Gasteiger partial charge in [-0.05, 0) is 60.1 Å². The smallest absolute Gasteiger partial charge is 0.355 e. The molecule has 0 aliphatic heterocycles. The Morgan fingerprint density at radius 3 is 2.03 bits per heavy atom.